The van der Waals surface area contributed by atoms with Gasteiger partial charge in [-0.3, -0.25) is 24.0 Å². The number of aromatic nitrogens is 8. The number of thioether (sulfide) groups is 1. The fourth-order valence-corrected chi connectivity index (χ4v) is 14.9. The first-order valence-electron chi connectivity index (χ1n) is 40.8. The highest BCUT2D eigenvalue weighted by Gasteiger charge is 2.51. The van der Waals surface area contributed by atoms with Crippen molar-refractivity contribution < 1.29 is 98.4 Å². The lowest BCUT2D eigenvalue weighted by Gasteiger charge is -2.35. The van der Waals surface area contributed by atoms with Crippen LogP contribution in [0.25, 0.3) is 33.7 Å². The van der Waals surface area contributed by atoms with Gasteiger partial charge in [-0.15, -0.1) is 5.10 Å². The van der Waals surface area contributed by atoms with E-state index in [1.165, 1.54) is 28.6 Å². The second-order valence-corrected chi connectivity index (χ2v) is 31.6. The number of hydrogen-bond donors (Lipinski definition) is 3. The van der Waals surface area contributed by atoms with Crippen LogP contribution in [0.1, 0.15) is 155 Å². The number of nitrogens with two attached hydrogens (primary N) is 1. The Morgan fingerprint density at radius 2 is 1.32 bits per heavy atom. The van der Waals surface area contributed by atoms with Crippen LogP contribution in [0, 0.1) is 5.92 Å². The zero-order valence-corrected chi connectivity index (χ0v) is 70.5. The van der Waals surface area contributed by atoms with E-state index in [2.05, 4.69) is 35.9 Å². The molecule has 2 aromatic carbocycles. The van der Waals surface area contributed by atoms with Gasteiger partial charge in [-0.25, -0.2) is 42.6 Å². The zero-order chi connectivity index (χ0) is 84.6. The summed E-state index contributed by atoms with van der Waals surface area (Å²) in [5.41, 5.74) is 8.87. The molecule has 0 fully saturated rings. The Morgan fingerprint density at radius 3 is 1.91 bits per heavy atom. The molecule has 36 heteroatoms. The maximum absolute atomic E-state index is 14.4. The number of carbonyl (C=O) groups excluding carboxylic acids is 6. The third-order valence-corrected chi connectivity index (χ3v) is 21.6. The van der Waals surface area contributed by atoms with E-state index in [0.29, 0.717) is 202 Å². The van der Waals surface area contributed by atoms with Gasteiger partial charge in [-0.2, -0.15) is 4.31 Å². The average Bonchev–Trinajstić information content (AvgIpc) is 1.61. The number of nitrogens with zero attached hydrogens (tertiary/aromatic N) is 9. The number of pyridine rings is 2. The lowest BCUT2D eigenvalue weighted by Crippen LogP contribution is -2.47. The number of hydrogen-bond acceptors (Lipinski definition) is 30. The molecule has 0 saturated carbocycles. The lowest BCUT2D eigenvalue weighted by molar-refractivity contribution is -0.175. The first-order valence-corrected chi connectivity index (χ1v) is 43.9. The highest BCUT2D eigenvalue weighted by atomic mass is 32.2. The minimum Gasteiger partial charge on any atom is -0.457 e. The van der Waals surface area contributed by atoms with E-state index < -0.39 is 51.0 Å². The standard InChI is InChI=1S/C83H114N12O22S2/c1-6-83(71-48-74-75-69(53-94(74)79(100)70(71)57-115-80(83)101)67(68-21-7-8-22-72(68)89-75)27-29-95(59(2)3)119(5,103)104)117-82(102)116-54-60-23-25-63(26-24-60)88-76(98)61(19-9-10-28-84)47-66(97)56-113-55-65(96)20-11-31-105-32-12-33-106-34-13-35-107-36-14-37-108-38-15-39-109-40-16-41-110-42-17-43-111-44-18-45-112-46-30-93-52-64(91-92-93)51-85-77(99)73-58-114-78(90-73)62-49-86-81(118-4)87-50-62/h7-8,21-26,48-50,52,58-59,61H,6,9-20,27-47,51,53-57,84H2,1-5H3,(H,85,99)(H,88,98)/t61-,83+/m1/s1. The molecule has 119 heavy (non-hydrogen) atoms. The number of fused-ring (bicyclic) bond motifs is 5. The SMILES string of the molecule is CC[C@@]1(OC(=O)OCc2ccc(NC(=O)[C@H](CCCCN)CC(=O)COCC(=O)CCCOCCCOCCCOCCCOCCCOCCCOCCCOCCCOCCn3cc(CNC(=O)c4coc(-c5cnc(SC)nc5)n4)nn3)cc2)C(=O)OCc2c1cc1n(c2=O)Cc2c-1nc1ccccc1c2CCN(C(C)C)S(C)(=O)=O. The van der Waals surface area contributed by atoms with Crippen molar-refractivity contribution in [2.45, 2.75) is 167 Å². The summed E-state index contributed by atoms with van der Waals surface area (Å²) in [7, 11) is -3.54. The second kappa shape index (κ2) is 50.4. The Labute approximate surface area is 698 Å². The third kappa shape index (κ3) is 30.0. The molecule has 5 aromatic heterocycles. The molecule has 2 atom stereocenters. The molecule has 650 valence electrons. The van der Waals surface area contributed by atoms with Crippen molar-refractivity contribution in [1.82, 2.24) is 49.1 Å². The molecule has 0 unspecified atom stereocenters. The predicted octanol–water partition coefficient (Wildman–Crippen LogP) is 8.91. The van der Waals surface area contributed by atoms with Gasteiger partial charge in [0.05, 0.1) is 66.7 Å². The Morgan fingerprint density at radius 1 is 0.723 bits per heavy atom. The van der Waals surface area contributed by atoms with Crippen molar-refractivity contribution >= 4 is 73.9 Å². The maximum Gasteiger partial charge on any atom is 0.510 e. The highest BCUT2D eigenvalue weighted by Crippen LogP contribution is 2.43. The van der Waals surface area contributed by atoms with Crippen LogP contribution in [0.4, 0.5) is 10.5 Å². The Hall–Kier alpha value is -8.89. The number of rotatable bonds is 61. The van der Waals surface area contributed by atoms with E-state index in [0.717, 1.165) is 55.0 Å². The number of ketones is 2. The smallest absolute Gasteiger partial charge is 0.457 e. The zero-order valence-electron chi connectivity index (χ0n) is 68.8. The summed E-state index contributed by atoms with van der Waals surface area (Å²) in [6, 6.07) is 15.3. The van der Waals surface area contributed by atoms with Crippen molar-refractivity contribution in [2.75, 3.05) is 150 Å². The van der Waals surface area contributed by atoms with Crippen LogP contribution in [-0.4, -0.2) is 238 Å². The Balaban J connectivity index is 0.524. The van der Waals surface area contributed by atoms with Crippen LogP contribution in [0.5, 0.6) is 0 Å². The summed E-state index contributed by atoms with van der Waals surface area (Å²) in [6.07, 6.45) is 16.1. The van der Waals surface area contributed by atoms with Crippen molar-refractivity contribution in [3.8, 4) is 22.8 Å². The minimum absolute atomic E-state index is 0.107. The molecule has 2 amide bonds. The van der Waals surface area contributed by atoms with Gasteiger partial charge >= 0.3 is 12.1 Å². The number of nitrogens with one attached hydrogen (secondary N) is 2. The molecular formula is C83H114N12O22S2. The predicted molar refractivity (Wildman–Crippen MR) is 439 cm³/mol. The van der Waals surface area contributed by atoms with Gasteiger partial charge in [0.15, 0.2) is 22.4 Å². The summed E-state index contributed by atoms with van der Waals surface area (Å²) in [4.78, 5) is 111. The first-order chi connectivity index (χ1) is 57.8. The molecule has 2 aliphatic rings. The molecule has 7 heterocycles. The van der Waals surface area contributed by atoms with Gasteiger partial charge in [0.2, 0.25) is 27.4 Å². The number of para-hydroxylation sites is 1. The van der Waals surface area contributed by atoms with Crippen molar-refractivity contribution in [2.24, 2.45) is 11.7 Å². The number of cyclic esters (lactones) is 1. The van der Waals surface area contributed by atoms with Crippen molar-refractivity contribution in [3.63, 3.8) is 0 Å². The number of amides is 2. The van der Waals surface area contributed by atoms with Crippen LogP contribution in [0.15, 0.2) is 93.8 Å². The number of esters is 1. The van der Waals surface area contributed by atoms with E-state index in [1.807, 2.05) is 44.4 Å². The topological polar surface area (TPSA) is 418 Å². The molecule has 4 N–H and O–H groups in total. The monoisotopic (exact) mass is 1690 g/mol. The number of Topliss-reactive ketones (excluding diaryl/α,β-unsaturated/α-hetero) is 2. The molecule has 34 nitrogen and oxygen atoms in total. The number of anilines is 1. The fraction of sp³-hybridized carbons (Fsp3) is 0.578. The average molecular weight is 1700 g/mol. The largest absolute Gasteiger partial charge is 0.510 e. The van der Waals surface area contributed by atoms with Gasteiger partial charge in [-0.1, -0.05) is 60.7 Å². The van der Waals surface area contributed by atoms with Gasteiger partial charge in [0, 0.05) is 165 Å². The van der Waals surface area contributed by atoms with Gasteiger partial charge < -0.3 is 82.2 Å². The number of carbonyl (C=O) groups is 6. The third-order valence-electron chi connectivity index (χ3n) is 19.5. The van der Waals surface area contributed by atoms with Crippen LogP contribution < -0.4 is 21.9 Å². The van der Waals surface area contributed by atoms with Crippen molar-refractivity contribution in [3.05, 3.63) is 129 Å². The fourth-order valence-electron chi connectivity index (χ4n) is 13.4. The molecule has 0 bridgehead atoms. The molecule has 0 spiro atoms. The maximum atomic E-state index is 14.4. The van der Waals surface area contributed by atoms with E-state index in [-0.39, 0.29) is 106 Å². The summed E-state index contributed by atoms with van der Waals surface area (Å²) < 4.78 is 104. The first kappa shape index (κ1) is 94.0. The molecule has 2 aliphatic heterocycles. The molecular weight excluding hydrogens is 1580 g/mol. The summed E-state index contributed by atoms with van der Waals surface area (Å²) >= 11 is 1.42. The Kier molecular flexibility index (Phi) is 39.8. The summed E-state index contributed by atoms with van der Waals surface area (Å²) in [6.45, 7) is 14.7. The minimum atomic E-state index is -3.54. The molecule has 0 radical (unpaired) electrons. The molecule has 0 saturated heterocycles. The van der Waals surface area contributed by atoms with Gasteiger partial charge in [-0.05, 0) is 139 Å². The Bertz CT molecular complexity index is 4530. The van der Waals surface area contributed by atoms with Crippen LogP contribution in [-0.2, 0) is 131 Å². The molecule has 9 rings (SSSR count). The quantitative estimate of drug-likeness (QED) is 0.0138. The number of benzene rings is 2. The number of unbranched alkanes of at least 4 members (excludes halogenated alkanes) is 1. The highest BCUT2D eigenvalue weighted by molar-refractivity contribution is 7.98. The number of sulfonamides is 1. The van der Waals surface area contributed by atoms with Crippen molar-refractivity contribution in [1.29, 1.82) is 0 Å². The number of ether oxygens (including phenoxy) is 12. The summed E-state index contributed by atoms with van der Waals surface area (Å²) in [5, 5.41) is 15.3. The van der Waals surface area contributed by atoms with Gasteiger partial charge in [0.1, 0.15) is 38.4 Å². The second-order valence-electron chi connectivity index (χ2n) is 28.9. The molecule has 7 aromatic rings. The normalized spacial score (nSPS) is 14.0. The molecule has 0 aliphatic carbocycles. The van der Waals surface area contributed by atoms with Gasteiger partial charge in [0.25, 0.3) is 11.5 Å². The van der Waals surface area contributed by atoms with Crippen LogP contribution >= 0.6 is 11.8 Å². The number of oxazole rings is 1. The van der Waals surface area contributed by atoms with E-state index in [4.69, 9.17) is 72.0 Å². The lowest BCUT2D eigenvalue weighted by atomic mass is 9.85. The summed E-state index contributed by atoms with van der Waals surface area (Å²) in [5.74, 6) is -2.62. The van der Waals surface area contributed by atoms with E-state index >= 15 is 0 Å². The van der Waals surface area contributed by atoms with Crippen LogP contribution in [0.2, 0.25) is 0 Å². The van der Waals surface area contributed by atoms with E-state index in [9.17, 15) is 42.0 Å². The van der Waals surface area contributed by atoms with E-state index in [1.54, 1.807) is 65.1 Å². The van der Waals surface area contributed by atoms with Crippen LogP contribution in [0.3, 0.4) is 0 Å².